The van der Waals surface area contributed by atoms with Gasteiger partial charge in [0.05, 0.1) is 19.8 Å². The van der Waals surface area contributed by atoms with Gasteiger partial charge in [-0.05, 0) is 53.6 Å². The van der Waals surface area contributed by atoms with E-state index in [0.29, 0.717) is 34.3 Å². The predicted octanol–water partition coefficient (Wildman–Crippen LogP) is 2.38. The van der Waals surface area contributed by atoms with Crippen LogP contribution in [0.25, 0.3) is 5.69 Å². The number of carbonyl (C=O) groups is 2. The van der Waals surface area contributed by atoms with Crippen molar-refractivity contribution < 1.29 is 19.1 Å². The minimum absolute atomic E-state index is 0.159. The van der Waals surface area contributed by atoms with Gasteiger partial charge in [-0.25, -0.2) is 0 Å². The Hall–Kier alpha value is -3.95. The Kier molecular flexibility index (Phi) is 7.04. The van der Waals surface area contributed by atoms with Gasteiger partial charge in [-0.2, -0.15) is 4.68 Å². The quantitative estimate of drug-likeness (QED) is 0.554. The number of benzene rings is 2. The molecule has 1 aromatic heterocycles. The number of methoxy groups -OCH3 is 2. The molecule has 0 fully saturated rings. The molecule has 1 unspecified atom stereocenters. The molecule has 0 saturated heterocycles. The minimum atomic E-state index is -0.771. The van der Waals surface area contributed by atoms with Crippen LogP contribution in [0.15, 0.2) is 42.5 Å². The first-order chi connectivity index (χ1) is 15.3. The van der Waals surface area contributed by atoms with Gasteiger partial charge in [-0.15, -0.1) is 5.10 Å². The number of rotatable bonds is 8. The zero-order valence-electron chi connectivity index (χ0n) is 18.6. The number of amides is 2. The number of nitrogens with one attached hydrogen (secondary N) is 2. The Morgan fingerprint density at radius 2 is 1.75 bits per heavy atom. The Labute approximate surface area is 185 Å². The van der Waals surface area contributed by atoms with Gasteiger partial charge in [0.15, 0.2) is 5.82 Å². The summed E-state index contributed by atoms with van der Waals surface area (Å²) in [7, 11) is 3.03. The lowest BCUT2D eigenvalue weighted by molar-refractivity contribution is -0.118. The van der Waals surface area contributed by atoms with E-state index in [1.807, 2.05) is 13.8 Å². The molecule has 2 N–H and O–H groups in total. The van der Waals surface area contributed by atoms with Crippen LogP contribution in [0.2, 0.25) is 0 Å². The van der Waals surface area contributed by atoms with Crippen LogP contribution < -0.4 is 20.1 Å². The van der Waals surface area contributed by atoms with Gasteiger partial charge >= 0.3 is 0 Å². The zero-order chi connectivity index (χ0) is 23.3. The van der Waals surface area contributed by atoms with Crippen LogP contribution in [0.1, 0.15) is 30.0 Å². The molecule has 168 valence electrons. The summed E-state index contributed by atoms with van der Waals surface area (Å²) >= 11 is 0. The van der Waals surface area contributed by atoms with Crippen LogP contribution in [-0.4, -0.2) is 52.3 Å². The fraction of sp³-hybridized carbons (Fsp3) is 0.318. The molecule has 3 aromatic rings. The lowest BCUT2D eigenvalue weighted by Gasteiger charge is -2.22. The van der Waals surface area contributed by atoms with Gasteiger partial charge < -0.3 is 20.1 Å². The number of hydrogen-bond donors (Lipinski definition) is 2. The standard InChI is InChI=1S/C22H26N6O4/c1-13(2)20(24-21(29)16-8-6-7-9-18(16)31-4)22(30)23-15-10-11-19(32-5)17(12-15)28-14(3)25-26-27-28/h6-13,20H,1-5H3,(H,23,30)(H,24,29). The van der Waals surface area contributed by atoms with Crippen molar-refractivity contribution in [1.29, 1.82) is 0 Å². The fourth-order valence-electron chi connectivity index (χ4n) is 3.19. The zero-order valence-corrected chi connectivity index (χ0v) is 18.6. The van der Waals surface area contributed by atoms with Crippen LogP contribution in [-0.2, 0) is 4.79 Å². The van der Waals surface area contributed by atoms with Gasteiger partial charge in [0.1, 0.15) is 23.2 Å². The van der Waals surface area contributed by atoms with Gasteiger partial charge in [0.25, 0.3) is 5.91 Å². The first-order valence-corrected chi connectivity index (χ1v) is 10.0. The van der Waals surface area contributed by atoms with Crippen LogP contribution in [0, 0.1) is 12.8 Å². The molecule has 0 spiro atoms. The molecule has 0 aliphatic rings. The summed E-state index contributed by atoms with van der Waals surface area (Å²) in [4.78, 5) is 25.9. The summed E-state index contributed by atoms with van der Waals surface area (Å²) in [5.74, 6) is 0.640. The molecule has 0 aliphatic heterocycles. The lowest BCUT2D eigenvalue weighted by atomic mass is 10.0. The molecule has 0 saturated carbocycles. The first-order valence-electron chi connectivity index (χ1n) is 10.0. The summed E-state index contributed by atoms with van der Waals surface area (Å²) in [6.45, 7) is 5.47. The van der Waals surface area contributed by atoms with Crippen molar-refractivity contribution in [3.05, 3.63) is 53.9 Å². The average molecular weight is 438 g/mol. The van der Waals surface area contributed by atoms with E-state index < -0.39 is 11.9 Å². The van der Waals surface area contributed by atoms with Crippen molar-refractivity contribution in [3.8, 4) is 17.2 Å². The molecule has 3 rings (SSSR count). The highest BCUT2D eigenvalue weighted by molar-refractivity contribution is 6.02. The average Bonchev–Trinajstić information content (AvgIpc) is 3.22. The van der Waals surface area contributed by atoms with E-state index in [1.54, 1.807) is 56.5 Å². The van der Waals surface area contributed by atoms with Crippen LogP contribution in [0.3, 0.4) is 0 Å². The summed E-state index contributed by atoms with van der Waals surface area (Å²) < 4.78 is 12.2. The van der Waals surface area contributed by atoms with Gasteiger partial charge in [0.2, 0.25) is 5.91 Å². The molecule has 0 radical (unpaired) electrons. The molecule has 1 heterocycles. The number of aryl methyl sites for hydroxylation is 1. The number of nitrogens with zero attached hydrogens (tertiary/aromatic N) is 4. The predicted molar refractivity (Wildman–Crippen MR) is 118 cm³/mol. The molecular weight excluding hydrogens is 412 g/mol. The Balaban J connectivity index is 1.82. The number of ether oxygens (including phenoxy) is 2. The first kappa shape index (κ1) is 22.7. The number of tetrazole rings is 1. The number of hydrogen-bond acceptors (Lipinski definition) is 7. The molecule has 0 aliphatic carbocycles. The SMILES string of the molecule is COc1ccccc1C(=O)NC(C(=O)Nc1ccc(OC)c(-n2nnnc2C)c1)C(C)C. The van der Waals surface area contributed by atoms with Crippen molar-refractivity contribution in [2.45, 2.75) is 26.8 Å². The van der Waals surface area contributed by atoms with E-state index in [-0.39, 0.29) is 11.8 Å². The van der Waals surface area contributed by atoms with Gasteiger partial charge in [0, 0.05) is 5.69 Å². The van der Waals surface area contributed by atoms with Crippen molar-refractivity contribution in [3.63, 3.8) is 0 Å². The van der Waals surface area contributed by atoms with E-state index in [0.717, 1.165) is 0 Å². The second kappa shape index (κ2) is 9.90. The molecule has 2 aromatic carbocycles. The normalized spacial score (nSPS) is 11.7. The summed E-state index contributed by atoms with van der Waals surface area (Å²) in [5, 5.41) is 17.2. The highest BCUT2D eigenvalue weighted by Crippen LogP contribution is 2.26. The van der Waals surface area contributed by atoms with E-state index in [1.165, 1.54) is 11.8 Å². The van der Waals surface area contributed by atoms with Crippen LogP contribution >= 0.6 is 0 Å². The summed E-state index contributed by atoms with van der Waals surface area (Å²) in [6, 6.07) is 11.2. The second-order valence-electron chi connectivity index (χ2n) is 7.41. The Morgan fingerprint density at radius 1 is 1.03 bits per heavy atom. The Morgan fingerprint density at radius 3 is 2.38 bits per heavy atom. The molecule has 0 bridgehead atoms. The smallest absolute Gasteiger partial charge is 0.255 e. The van der Waals surface area contributed by atoms with Gasteiger partial charge in [-0.1, -0.05) is 26.0 Å². The Bertz CT molecular complexity index is 1110. The number of para-hydroxylation sites is 1. The number of carbonyl (C=O) groups excluding carboxylic acids is 2. The highest BCUT2D eigenvalue weighted by atomic mass is 16.5. The molecule has 10 heteroatoms. The molecule has 32 heavy (non-hydrogen) atoms. The van der Waals surface area contributed by atoms with Crippen LogP contribution in [0.5, 0.6) is 11.5 Å². The fourth-order valence-corrected chi connectivity index (χ4v) is 3.19. The van der Waals surface area contributed by atoms with E-state index in [2.05, 4.69) is 26.2 Å². The van der Waals surface area contributed by atoms with Crippen molar-refractivity contribution in [2.24, 2.45) is 5.92 Å². The maximum absolute atomic E-state index is 13.1. The monoisotopic (exact) mass is 438 g/mol. The van der Waals surface area contributed by atoms with E-state index >= 15 is 0 Å². The summed E-state index contributed by atoms with van der Waals surface area (Å²) in [5.41, 5.74) is 1.44. The third kappa shape index (κ3) is 4.85. The van der Waals surface area contributed by atoms with Crippen molar-refractivity contribution >= 4 is 17.5 Å². The van der Waals surface area contributed by atoms with Crippen molar-refractivity contribution in [1.82, 2.24) is 25.5 Å². The van der Waals surface area contributed by atoms with E-state index in [9.17, 15) is 9.59 Å². The third-order valence-electron chi connectivity index (χ3n) is 4.89. The largest absolute Gasteiger partial charge is 0.496 e. The molecule has 1 atom stereocenters. The lowest BCUT2D eigenvalue weighted by Crippen LogP contribution is -2.47. The van der Waals surface area contributed by atoms with Crippen LogP contribution in [0.4, 0.5) is 5.69 Å². The third-order valence-corrected chi connectivity index (χ3v) is 4.89. The maximum Gasteiger partial charge on any atom is 0.255 e. The molecule has 10 nitrogen and oxygen atoms in total. The van der Waals surface area contributed by atoms with Crippen molar-refractivity contribution in [2.75, 3.05) is 19.5 Å². The topological polar surface area (TPSA) is 120 Å². The summed E-state index contributed by atoms with van der Waals surface area (Å²) in [6.07, 6.45) is 0. The van der Waals surface area contributed by atoms with E-state index in [4.69, 9.17) is 9.47 Å². The highest BCUT2D eigenvalue weighted by Gasteiger charge is 2.26. The second-order valence-corrected chi connectivity index (χ2v) is 7.41. The van der Waals surface area contributed by atoms with Gasteiger partial charge in [-0.3, -0.25) is 9.59 Å². The molecular formula is C22H26N6O4. The maximum atomic E-state index is 13.1. The molecule has 2 amide bonds. The number of anilines is 1. The number of aromatic nitrogens is 4. The minimum Gasteiger partial charge on any atom is -0.496 e.